The van der Waals surface area contributed by atoms with Crippen molar-refractivity contribution in [3.63, 3.8) is 0 Å². The van der Waals surface area contributed by atoms with E-state index in [1.165, 1.54) is 10.4 Å². The fourth-order valence-electron chi connectivity index (χ4n) is 3.09. The number of hydrogen-bond donors (Lipinski definition) is 1. The molecule has 28 heavy (non-hydrogen) atoms. The summed E-state index contributed by atoms with van der Waals surface area (Å²) in [4.78, 5) is 12.4. The van der Waals surface area contributed by atoms with E-state index in [9.17, 15) is 13.2 Å². The van der Waals surface area contributed by atoms with E-state index in [-0.39, 0.29) is 17.4 Å². The van der Waals surface area contributed by atoms with Crippen LogP contribution in [0.5, 0.6) is 5.75 Å². The van der Waals surface area contributed by atoms with E-state index in [0.717, 1.165) is 18.4 Å². The summed E-state index contributed by atoms with van der Waals surface area (Å²) in [5, 5.41) is 3.34. The second-order valence-electron chi connectivity index (χ2n) is 6.79. The molecule has 0 spiro atoms. The van der Waals surface area contributed by atoms with E-state index < -0.39 is 10.0 Å². The highest BCUT2D eigenvalue weighted by Crippen LogP contribution is 2.26. The van der Waals surface area contributed by atoms with Crippen molar-refractivity contribution in [3.05, 3.63) is 52.5 Å². The number of halogens is 1. The third kappa shape index (κ3) is 4.48. The summed E-state index contributed by atoms with van der Waals surface area (Å²) in [6.45, 7) is 4.51. The molecule has 150 valence electrons. The van der Waals surface area contributed by atoms with Crippen LogP contribution in [0.1, 0.15) is 24.0 Å². The van der Waals surface area contributed by atoms with Gasteiger partial charge < -0.3 is 10.1 Å². The first-order valence-electron chi connectivity index (χ1n) is 9.07. The largest absolute Gasteiger partial charge is 0.483 e. The van der Waals surface area contributed by atoms with Crippen LogP contribution >= 0.6 is 11.6 Å². The van der Waals surface area contributed by atoms with Crippen LogP contribution in [-0.4, -0.2) is 38.3 Å². The maximum atomic E-state index is 12.6. The molecule has 2 aromatic carbocycles. The van der Waals surface area contributed by atoms with Crippen molar-refractivity contribution in [1.29, 1.82) is 0 Å². The quantitative estimate of drug-likeness (QED) is 0.769. The van der Waals surface area contributed by atoms with Gasteiger partial charge in [-0.1, -0.05) is 17.7 Å². The second-order valence-corrected chi connectivity index (χ2v) is 9.13. The molecule has 1 saturated heterocycles. The van der Waals surface area contributed by atoms with E-state index in [1.54, 1.807) is 37.3 Å². The number of carbonyl (C=O) groups excluding carboxylic acids is 1. The molecule has 1 amide bonds. The van der Waals surface area contributed by atoms with E-state index in [2.05, 4.69) is 5.32 Å². The number of hydrogen-bond acceptors (Lipinski definition) is 4. The van der Waals surface area contributed by atoms with Crippen LogP contribution < -0.4 is 10.1 Å². The molecule has 1 heterocycles. The van der Waals surface area contributed by atoms with E-state index >= 15 is 0 Å². The predicted molar refractivity (Wildman–Crippen MR) is 109 cm³/mol. The summed E-state index contributed by atoms with van der Waals surface area (Å²) in [7, 11) is -3.47. The van der Waals surface area contributed by atoms with Crippen molar-refractivity contribution in [3.8, 4) is 5.75 Å². The van der Waals surface area contributed by atoms with Gasteiger partial charge in [-0.15, -0.1) is 0 Å². The molecule has 6 nitrogen and oxygen atoms in total. The molecule has 1 N–H and O–H groups in total. The van der Waals surface area contributed by atoms with Crippen LogP contribution in [0.4, 0.5) is 5.69 Å². The number of amides is 1. The standard InChI is InChI=1S/C20H23ClN2O4S/c1-14-12-16(28(25,26)23-10-3-4-11-23)8-9-19(14)27-13-20(24)22-18-7-5-6-17(21)15(18)2/h5-9,12H,3-4,10-11,13H2,1-2H3,(H,22,24). The first-order chi connectivity index (χ1) is 13.3. The highest BCUT2D eigenvalue weighted by Gasteiger charge is 2.27. The summed E-state index contributed by atoms with van der Waals surface area (Å²) < 4.78 is 32.4. The van der Waals surface area contributed by atoms with Gasteiger partial charge in [0.15, 0.2) is 6.61 Å². The lowest BCUT2D eigenvalue weighted by molar-refractivity contribution is -0.118. The molecule has 0 aliphatic carbocycles. The Kier molecular flexibility index (Phi) is 6.27. The molecule has 0 radical (unpaired) electrons. The van der Waals surface area contributed by atoms with Crippen molar-refractivity contribution in [2.24, 2.45) is 0 Å². The van der Waals surface area contributed by atoms with Crippen LogP contribution in [0.3, 0.4) is 0 Å². The van der Waals surface area contributed by atoms with Gasteiger partial charge in [0, 0.05) is 23.8 Å². The van der Waals surface area contributed by atoms with Crippen molar-refractivity contribution in [2.75, 3.05) is 25.0 Å². The number of sulfonamides is 1. The van der Waals surface area contributed by atoms with E-state index in [1.807, 2.05) is 6.92 Å². The Morgan fingerprint density at radius 2 is 1.89 bits per heavy atom. The van der Waals surface area contributed by atoms with Gasteiger partial charge in [-0.2, -0.15) is 4.31 Å². The average molecular weight is 423 g/mol. The highest BCUT2D eigenvalue weighted by atomic mass is 35.5. The lowest BCUT2D eigenvalue weighted by Gasteiger charge is -2.17. The minimum Gasteiger partial charge on any atom is -0.483 e. The van der Waals surface area contributed by atoms with Crippen LogP contribution in [0.2, 0.25) is 5.02 Å². The highest BCUT2D eigenvalue weighted by molar-refractivity contribution is 7.89. The molecule has 0 unspecified atom stereocenters. The van der Waals surface area contributed by atoms with Gasteiger partial charge in [0.1, 0.15) is 5.75 Å². The molecule has 8 heteroatoms. The normalized spacial score (nSPS) is 14.8. The molecule has 1 aliphatic heterocycles. The van der Waals surface area contributed by atoms with Gasteiger partial charge in [-0.05, 0) is 68.1 Å². The average Bonchev–Trinajstić information content (AvgIpc) is 3.20. The van der Waals surface area contributed by atoms with Crippen LogP contribution in [0.15, 0.2) is 41.3 Å². The number of rotatable bonds is 6. The number of aryl methyl sites for hydroxylation is 1. The van der Waals surface area contributed by atoms with Crippen molar-refractivity contribution in [2.45, 2.75) is 31.6 Å². The lowest BCUT2D eigenvalue weighted by Crippen LogP contribution is -2.27. The fraction of sp³-hybridized carbons (Fsp3) is 0.350. The van der Waals surface area contributed by atoms with Crippen molar-refractivity contribution < 1.29 is 17.9 Å². The maximum Gasteiger partial charge on any atom is 0.262 e. The van der Waals surface area contributed by atoms with Gasteiger partial charge in [0.25, 0.3) is 5.91 Å². The number of carbonyl (C=O) groups is 1. The molecule has 0 saturated carbocycles. The summed E-state index contributed by atoms with van der Waals surface area (Å²) in [6.07, 6.45) is 1.78. The van der Waals surface area contributed by atoms with E-state index in [4.69, 9.17) is 16.3 Å². The first-order valence-corrected chi connectivity index (χ1v) is 10.9. The number of benzene rings is 2. The topological polar surface area (TPSA) is 75.7 Å². The Morgan fingerprint density at radius 3 is 2.57 bits per heavy atom. The summed E-state index contributed by atoms with van der Waals surface area (Å²) >= 11 is 6.05. The molecule has 0 bridgehead atoms. The molecule has 0 aromatic heterocycles. The zero-order valence-corrected chi connectivity index (χ0v) is 17.4. The van der Waals surface area contributed by atoms with Gasteiger partial charge in [-0.3, -0.25) is 4.79 Å². The number of nitrogens with one attached hydrogen (secondary N) is 1. The van der Waals surface area contributed by atoms with Gasteiger partial charge in [0.2, 0.25) is 10.0 Å². The number of nitrogens with zero attached hydrogens (tertiary/aromatic N) is 1. The molecule has 3 rings (SSSR count). The number of anilines is 1. The third-order valence-electron chi connectivity index (χ3n) is 4.75. The van der Waals surface area contributed by atoms with Crippen LogP contribution in [0.25, 0.3) is 0 Å². The molecular formula is C20H23ClN2O4S. The Balaban J connectivity index is 1.65. The fourth-order valence-corrected chi connectivity index (χ4v) is 4.87. The van der Waals surface area contributed by atoms with Gasteiger partial charge >= 0.3 is 0 Å². The molecular weight excluding hydrogens is 400 g/mol. The van der Waals surface area contributed by atoms with Gasteiger partial charge in [0.05, 0.1) is 4.90 Å². The van der Waals surface area contributed by atoms with Crippen LogP contribution in [0, 0.1) is 13.8 Å². The minimum atomic E-state index is -3.47. The summed E-state index contributed by atoms with van der Waals surface area (Å²) in [6, 6.07) is 9.98. The third-order valence-corrected chi connectivity index (χ3v) is 7.05. The maximum absolute atomic E-state index is 12.6. The molecule has 0 atom stereocenters. The molecule has 1 fully saturated rings. The van der Waals surface area contributed by atoms with Crippen LogP contribution in [-0.2, 0) is 14.8 Å². The second kappa shape index (κ2) is 8.51. The Labute approximate surface area is 170 Å². The van der Waals surface area contributed by atoms with Gasteiger partial charge in [-0.25, -0.2) is 8.42 Å². The monoisotopic (exact) mass is 422 g/mol. The first kappa shape index (κ1) is 20.6. The van der Waals surface area contributed by atoms with Crippen molar-refractivity contribution >= 4 is 33.2 Å². The summed E-state index contributed by atoms with van der Waals surface area (Å²) in [5.41, 5.74) is 2.07. The summed E-state index contributed by atoms with van der Waals surface area (Å²) in [5.74, 6) is 0.150. The Morgan fingerprint density at radius 1 is 1.18 bits per heavy atom. The zero-order chi connectivity index (χ0) is 20.3. The molecule has 2 aromatic rings. The predicted octanol–water partition coefficient (Wildman–Crippen LogP) is 3.76. The Bertz CT molecular complexity index is 986. The van der Waals surface area contributed by atoms with E-state index in [0.29, 0.717) is 35.1 Å². The Hall–Kier alpha value is -2.09. The minimum absolute atomic E-state index is 0.189. The number of ether oxygens (including phenoxy) is 1. The lowest BCUT2D eigenvalue weighted by atomic mass is 10.2. The van der Waals surface area contributed by atoms with Crippen molar-refractivity contribution in [1.82, 2.24) is 4.31 Å². The molecule has 1 aliphatic rings. The SMILES string of the molecule is Cc1cc(S(=O)(=O)N2CCCC2)ccc1OCC(=O)Nc1cccc(Cl)c1C. The smallest absolute Gasteiger partial charge is 0.262 e. The zero-order valence-electron chi connectivity index (χ0n) is 15.9.